The van der Waals surface area contributed by atoms with Gasteiger partial charge in [0.2, 0.25) is 0 Å². The lowest BCUT2D eigenvalue weighted by molar-refractivity contribution is 0.194. The summed E-state index contributed by atoms with van der Waals surface area (Å²) >= 11 is 6.14. The average Bonchev–Trinajstić information content (AvgIpc) is 2.90. The molecule has 20 heavy (non-hydrogen) atoms. The van der Waals surface area contributed by atoms with E-state index in [9.17, 15) is 0 Å². The minimum Gasteiger partial charge on any atom is -0.460 e. The number of halogens is 1. The second-order valence-electron chi connectivity index (χ2n) is 4.75. The van der Waals surface area contributed by atoms with E-state index < -0.39 is 0 Å². The van der Waals surface area contributed by atoms with Gasteiger partial charge in [-0.15, -0.1) is 0 Å². The second kappa shape index (κ2) is 7.48. The Morgan fingerprint density at radius 2 is 2.10 bits per heavy atom. The van der Waals surface area contributed by atoms with Crippen LogP contribution < -0.4 is 5.32 Å². The van der Waals surface area contributed by atoms with E-state index in [2.05, 4.69) is 5.32 Å². The number of rotatable bonds is 7. The molecule has 0 saturated carbocycles. The number of benzene rings is 1. The smallest absolute Gasteiger partial charge is 0.134 e. The fourth-order valence-electron chi connectivity index (χ4n) is 1.93. The van der Waals surface area contributed by atoms with Crippen molar-refractivity contribution in [2.24, 2.45) is 0 Å². The standard InChI is InChI=1S/C16H20ClNO2/c1-12-4-5-13(10-15(12)17)16-7-6-14(20-16)11-18-8-3-9-19-2/h4-7,10,18H,3,8-9,11H2,1-2H3. The molecule has 0 aliphatic carbocycles. The Kier molecular flexibility index (Phi) is 5.65. The van der Waals surface area contributed by atoms with Gasteiger partial charge in [-0.25, -0.2) is 0 Å². The minimum atomic E-state index is 0.726. The summed E-state index contributed by atoms with van der Waals surface area (Å²) in [6.07, 6.45) is 0.998. The third-order valence-electron chi connectivity index (χ3n) is 3.12. The number of hydrogen-bond acceptors (Lipinski definition) is 3. The number of aryl methyl sites for hydroxylation is 1. The minimum absolute atomic E-state index is 0.726. The Balaban J connectivity index is 1.93. The molecule has 0 saturated heterocycles. The molecule has 0 amide bonds. The van der Waals surface area contributed by atoms with Gasteiger partial charge in [0.15, 0.2) is 0 Å². The van der Waals surface area contributed by atoms with Gasteiger partial charge in [0.05, 0.1) is 6.54 Å². The van der Waals surface area contributed by atoms with Gasteiger partial charge in [-0.3, -0.25) is 0 Å². The molecule has 2 aromatic rings. The number of furan rings is 1. The molecule has 1 aromatic carbocycles. The first kappa shape index (κ1) is 15.1. The van der Waals surface area contributed by atoms with Gasteiger partial charge < -0.3 is 14.5 Å². The summed E-state index contributed by atoms with van der Waals surface area (Å²) in [5.74, 6) is 1.77. The molecule has 2 rings (SSSR count). The fourth-order valence-corrected chi connectivity index (χ4v) is 2.11. The third kappa shape index (κ3) is 4.10. The zero-order valence-corrected chi connectivity index (χ0v) is 12.7. The lowest BCUT2D eigenvalue weighted by Crippen LogP contribution is -2.15. The molecule has 0 aliphatic rings. The van der Waals surface area contributed by atoms with Crippen LogP contribution in [0.2, 0.25) is 5.02 Å². The zero-order valence-electron chi connectivity index (χ0n) is 11.9. The second-order valence-corrected chi connectivity index (χ2v) is 5.16. The average molecular weight is 294 g/mol. The maximum Gasteiger partial charge on any atom is 0.134 e. The monoisotopic (exact) mass is 293 g/mol. The van der Waals surface area contributed by atoms with Crippen molar-refractivity contribution in [1.29, 1.82) is 0 Å². The Hall–Kier alpha value is -1.29. The van der Waals surface area contributed by atoms with Crippen molar-refractivity contribution in [1.82, 2.24) is 5.32 Å². The lowest BCUT2D eigenvalue weighted by Gasteiger charge is -2.03. The Labute approximate surface area is 124 Å². The van der Waals surface area contributed by atoms with Crippen LogP contribution in [0.25, 0.3) is 11.3 Å². The number of hydrogen-bond donors (Lipinski definition) is 1. The van der Waals surface area contributed by atoms with Gasteiger partial charge in [-0.1, -0.05) is 23.7 Å². The summed E-state index contributed by atoms with van der Waals surface area (Å²) in [5.41, 5.74) is 2.08. The van der Waals surface area contributed by atoms with Crippen LogP contribution in [0.5, 0.6) is 0 Å². The summed E-state index contributed by atoms with van der Waals surface area (Å²) in [5, 5.41) is 4.08. The zero-order chi connectivity index (χ0) is 14.4. The van der Waals surface area contributed by atoms with Gasteiger partial charge in [0, 0.05) is 24.3 Å². The molecule has 0 radical (unpaired) electrons. The van der Waals surface area contributed by atoms with E-state index in [-0.39, 0.29) is 0 Å². The normalized spacial score (nSPS) is 10.9. The van der Waals surface area contributed by atoms with Crippen LogP contribution in [-0.4, -0.2) is 20.3 Å². The SMILES string of the molecule is COCCCNCc1ccc(-c2ccc(C)c(Cl)c2)o1. The van der Waals surface area contributed by atoms with Crippen LogP contribution in [0.15, 0.2) is 34.7 Å². The first-order chi connectivity index (χ1) is 9.70. The van der Waals surface area contributed by atoms with Crippen molar-refractivity contribution in [3.05, 3.63) is 46.7 Å². The summed E-state index contributed by atoms with van der Waals surface area (Å²) < 4.78 is 10.8. The molecule has 1 N–H and O–H groups in total. The highest BCUT2D eigenvalue weighted by Crippen LogP contribution is 2.26. The molecule has 3 nitrogen and oxygen atoms in total. The van der Waals surface area contributed by atoms with E-state index in [0.717, 1.165) is 53.8 Å². The first-order valence-corrected chi connectivity index (χ1v) is 7.13. The number of nitrogens with one attached hydrogen (secondary N) is 1. The highest BCUT2D eigenvalue weighted by Gasteiger charge is 2.06. The predicted octanol–water partition coefficient (Wildman–Crippen LogP) is 4.03. The number of ether oxygens (including phenoxy) is 1. The van der Waals surface area contributed by atoms with Crippen LogP contribution in [0.4, 0.5) is 0 Å². The summed E-state index contributed by atoms with van der Waals surface area (Å²) in [4.78, 5) is 0. The van der Waals surface area contributed by atoms with E-state index in [1.165, 1.54) is 0 Å². The summed E-state index contributed by atoms with van der Waals surface area (Å²) in [6, 6.07) is 9.93. The van der Waals surface area contributed by atoms with Crippen molar-refractivity contribution in [2.45, 2.75) is 19.9 Å². The quantitative estimate of drug-likeness (QED) is 0.783. The van der Waals surface area contributed by atoms with Gasteiger partial charge >= 0.3 is 0 Å². The third-order valence-corrected chi connectivity index (χ3v) is 3.53. The van der Waals surface area contributed by atoms with E-state index in [1.54, 1.807) is 7.11 Å². The predicted molar refractivity (Wildman–Crippen MR) is 82.1 cm³/mol. The lowest BCUT2D eigenvalue weighted by atomic mass is 10.1. The highest BCUT2D eigenvalue weighted by atomic mass is 35.5. The maximum atomic E-state index is 6.14. The van der Waals surface area contributed by atoms with Gasteiger partial charge in [0.25, 0.3) is 0 Å². The molecule has 0 spiro atoms. The molecule has 0 fully saturated rings. The molecule has 1 aromatic heterocycles. The van der Waals surface area contributed by atoms with Crippen LogP contribution >= 0.6 is 11.6 Å². The fraction of sp³-hybridized carbons (Fsp3) is 0.375. The van der Waals surface area contributed by atoms with E-state index >= 15 is 0 Å². The van der Waals surface area contributed by atoms with E-state index in [0.29, 0.717) is 0 Å². The molecule has 0 bridgehead atoms. The largest absolute Gasteiger partial charge is 0.460 e. The van der Waals surface area contributed by atoms with Crippen LogP contribution in [0.3, 0.4) is 0 Å². The molecule has 4 heteroatoms. The van der Waals surface area contributed by atoms with Crippen molar-refractivity contribution in [3.8, 4) is 11.3 Å². The van der Waals surface area contributed by atoms with Crippen molar-refractivity contribution >= 4 is 11.6 Å². The molecular formula is C16H20ClNO2. The van der Waals surface area contributed by atoms with E-state index in [4.69, 9.17) is 20.8 Å². The van der Waals surface area contributed by atoms with Crippen molar-refractivity contribution in [3.63, 3.8) is 0 Å². The van der Waals surface area contributed by atoms with Gasteiger partial charge in [-0.2, -0.15) is 0 Å². The summed E-state index contributed by atoms with van der Waals surface area (Å²) in [6.45, 7) is 4.41. The van der Waals surface area contributed by atoms with Crippen LogP contribution in [0, 0.1) is 6.92 Å². The van der Waals surface area contributed by atoms with Gasteiger partial charge in [-0.05, 0) is 43.7 Å². The summed E-state index contributed by atoms with van der Waals surface area (Å²) in [7, 11) is 1.71. The Morgan fingerprint density at radius 3 is 2.85 bits per heavy atom. The first-order valence-electron chi connectivity index (χ1n) is 6.75. The van der Waals surface area contributed by atoms with E-state index in [1.807, 2.05) is 37.3 Å². The number of methoxy groups -OCH3 is 1. The van der Waals surface area contributed by atoms with Crippen molar-refractivity contribution < 1.29 is 9.15 Å². The van der Waals surface area contributed by atoms with Crippen LogP contribution in [-0.2, 0) is 11.3 Å². The highest BCUT2D eigenvalue weighted by molar-refractivity contribution is 6.31. The Morgan fingerprint density at radius 1 is 1.25 bits per heavy atom. The molecule has 108 valence electrons. The molecule has 1 heterocycles. The molecule has 0 unspecified atom stereocenters. The molecular weight excluding hydrogens is 274 g/mol. The van der Waals surface area contributed by atoms with Crippen molar-refractivity contribution in [2.75, 3.05) is 20.3 Å². The molecule has 0 aliphatic heterocycles. The van der Waals surface area contributed by atoms with Crippen LogP contribution in [0.1, 0.15) is 17.7 Å². The molecule has 0 atom stereocenters. The topological polar surface area (TPSA) is 34.4 Å². The van der Waals surface area contributed by atoms with Gasteiger partial charge in [0.1, 0.15) is 11.5 Å². The Bertz CT molecular complexity index is 551. The maximum absolute atomic E-state index is 6.14.